The molecule has 0 radical (unpaired) electrons. The van der Waals surface area contributed by atoms with Gasteiger partial charge in [-0.1, -0.05) is 50.1 Å². The molecule has 0 aliphatic carbocycles. The predicted octanol–water partition coefficient (Wildman–Crippen LogP) is 6.01. The number of nitriles is 1. The van der Waals surface area contributed by atoms with E-state index in [1.54, 1.807) is 37.4 Å². The van der Waals surface area contributed by atoms with Gasteiger partial charge in [0.15, 0.2) is 11.5 Å². The van der Waals surface area contributed by atoms with Gasteiger partial charge >= 0.3 is 5.97 Å². The molecule has 1 aliphatic heterocycles. The largest absolute Gasteiger partial charge is 0.493 e. The fourth-order valence-electron chi connectivity index (χ4n) is 4.32. The summed E-state index contributed by atoms with van der Waals surface area (Å²) in [7, 11) is 1.58. The highest BCUT2D eigenvalue weighted by molar-refractivity contribution is 5.92. The summed E-state index contributed by atoms with van der Waals surface area (Å²) in [6.45, 7) is 4.59. The molecule has 37 heavy (non-hydrogen) atoms. The molecule has 1 heterocycles. The number of nitrogens with zero attached hydrogens (tertiary/aromatic N) is 1. The molecule has 7 nitrogen and oxygen atoms in total. The van der Waals surface area contributed by atoms with Gasteiger partial charge in [0.25, 0.3) is 0 Å². The van der Waals surface area contributed by atoms with Gasteiger partial charge in [-0.3, -0.25) is 0 Å². The van der Waals surface area contributed by atoms with Crippen molar-refractivity contribution in [2.75, 3.05) is 13.7 Å². The molecule has 190 valence electrons. The maximum absolute atomic E-state index is 12.7. The van der Waals surface area contributed by atoms with Gasteiger partial charge in [-0.15, -0.1) is 0 Å². The lowest BCUT2D eigenvalue weighted by Crippen LogP contribution is -2.21. The lowest BCUT2D eigenvalue weighted by atomic mass is 9.83. The van der Waals surface area contributed by atoms with E-state index in [0.717, 1.165) is 36.0 Å². The maximum Gasteiger partial charge on any atom is 0.343 e. The predicted molar refractivity (Wildman–Crippen MR) is 140 cm³/mol. The number of methoxy groups -OCH3 is 1. The molecule has 1 aliphatic rings. The van der Waals surface area contributed by atoms with Crippen LogP contribution in [0, 0.1) is 18.3 Å². The van der Waals surface area contributed by atoms with Crippen molar-refractivity contribution in [1.29, 1.82) is 5.26 Å². The summed E-state index contributed by atoms with van der Waals surface area (Å²) >= 11 is 0. The van der Waals surface area contributed by atoms with E-state index in [9.17, 15) is 10.1 Å². The van der Waals surface area contributed by atoms with E-state index in [4.69, 9.17) is 24.7 Å². The summed E-state index contributed by atoms with van der Waals surface area (Å²) in [5, 5.41) is 9.90. The Kier molecular flexibility index (Phi) is 7.99. The van der Waals surface area contributed by atoms with Crippen molar-refractivity contribution in [3.63, 3.8) is 0 Å². The van der Waals surface area contributed by atoms with Gasteiger partial charge in [0.05, 0.1) is 25.2 Å². The molecule has 7 heteroatoms. The van der Waals surface area contributed by atoms with Gasteiger partial charge in [-0.2, -0.15) is 5.26 Å². The molecule has 4 rings (SSSR count). The van der Waals surface area contributed by atoms with E-state index in [1.807, 2.05) is 37.3 Å². The number of nitrogens with two attached hydrogens (primary N) is 1. The number of fused-ring (bicyclic) bond motifs is 1. The van der Waals surface area contributed by atoms with Crippen LogP contribution < -0.4 is 24.7 Å². The van der Waals surface area contributed by atoms with Crippen molar-refractivity contribution in [2.24, 2.45) is 5.73 Å². The normalized spacial score (nSPS) is 14.3. The second-order valence-corrected chi connectivity index (χ2v) is 8.79. The molecule has 3 aromatic rings. The van der Waals surface area contributed by atoms with Crippen LogP contribution in [0.4, 0.5) is 0 Å². The van der Waals surface area contributed by atoms with Crippen molar-refractivity contribution >= 4 is 5.97 Å². The molecule has 0 fully saturated rings. The van der Waals surface area contributed by atoms with Gasteiger partial charge in [0.1, 0.15) is 23.1 Å². The maximum atomic E-state index is 12.7. The summed E-state index contributed by atoms with van der Waals surface area (Å²) in [4.78, 5) is 12.7. The average molecular weight is 499 g/mol. The summed E-state index contributed by atoms with van der Waals surface area (Å²) in [6.07, 6.45) is 3.17. The summed E-state index contributed by atoms with van der Waals surface area (Å²) in [6, 6.07) is 20.1. The Morgan fingerprint density at radius 2 is 1.89 bits per heavy atom. The minimum atomic E-state index is -0.488. The zero-order valence-electron chi connectivity index (χ0n) is 21.2. The lowest BCUT2D eigenvalue weighted by Gasteiger charge is -2.27. The molecular weight excluding hydrogens is 468 g/mol. The molecule has 0 amide bonds. The fourth-order valence-corrected chi connectivity index (χ4v) is 4.32. The van der Waals surface area contributed by atoms with Gasteiger partial charge in [0.2, 0.25) is 5.88 Å². The Bertz CT molecular complexity index is 1370. The summed E-state index contributed by atoms with van der Waals surface area (Å²) in [5.41, 5.74) is 9.27. The number of aryl methyl sites for hydroxylation is 1. The summed E-state index contributed by atoms with van der Waals surface area (Å²) < 4.78 is 22.9. The highest BCUT2D eigenvalue weighted by Crippen LogP contribution is 2.45. The number of carbonyl (C=O) groups excluding carboxylic acids is 1. The van der Waals surface area contributed by atoms with Crippen LogP contribution >= 0.6 is 0 Å². The highest BCUT2D eigenvalue weighted by atomic mass is 16.5. The number of rotatable bonds is 9. The zero-order chi connectivity index (χ0) is 26.4. The molecule has 1 unspecified atom stereocenters. The first-order valence-electron chi connectivity index (χ1n) is 12.3. The Labute approximate surface area is 217 Å². The third-order valence-corrected chi connectivity index (χ3v) is 6.29. The van der Waals surface area contributed by atoms with Crippen LogP contribution in [-0.2, 0) is 0 Å². The van der Waals surface area contributed by atoms with E-state index >= 15 is 0 Å². The van der Waals surface area contributed by atoms with E-state index in [1.165, 1.54) is 0 Å². The summed E-state index contributed by atoms with van der Waals surface area (Å²) in [5.74, 6) is 0.984. The van der Waals surface area contributed by atoms with Gasteiger partial charge in [-0.05, 0) is 48.7 Å². The van der Waals surface area contributed by atoms with Crippen LogP contribution in [0.2, 0.25) is 0 Å². The van der Waals surface area contributed by atoms with Gasteiger partial charge in [0, 0.05) is 11.6 Å². The smallest absolute Gasteiger partial charge is 0.343 e. The number of allylic oxidation sites excluding steroid dienone is 1. The lowest BCUT2D eigenvalue weighted by molar-refractivity contribution is 0.0733. The first-order valence-corrected chi connectivity index (χ1v) is 12.3. The van der Waals surface area contributed by atoms with Crippen LogP contribution in [0.5, 0.6) is 23.0 Å². The molecular formula is C30H30N2O5. The van der Waals surface area contributed by atoms with E-state index in [0.29, 0.717) is 35.2 Å². The Balaban J connectivity index is 1.65. The van der Waals surface area contributed by atoms with E-state index in [-0.39, 0.29) is 11.5 Å². The van der Waals surface area contributed by atoms with Crippen LogP contribution in [-0.4, -0.2) is 19.7 Å². The van der Waals surface area contributed by atoms with Gasteiger partial charge < -0.3 is 24.7 Å². The Morgan fingerprint density at radius 3 is 2.62 bits per heavy atom. The average Bonchev–Trinajstić information content (AvgIpc) is 2.90. The first-order chi connectivity index (χ1) is 18.0. The Morgan fingerprint density at radius 1 is 1.08 bits per heavy atom. The topological polar surface area (TPSA) is 104 Å². The third kappa shape index (κ3) is 5.54. The second kappa shape index (κ2) is 11.5. The van der Waals surface area contributed by atoms with Crippen LogP contribution in [0.15, 0.2) is 72.1 Å². The number of esters is 1. The standard InChI is InChI=1S/C30H30N2O5/c1-4-5-8-15-35-25-14-11-20(16-27(25)34-3)28-23-13-12-21(17-26(23)37-29(32)24(28)18-31)36-30(33)22-10-7-6-9-19(22)2/h6-7,9-14,16-17,28H,4-5,8,15,32H2,1-3H3. The molecule has 0 saturated heterocycles. The van der Waals surface area contributed by atoms with Crippen molar-refractivity contribution in [1.82, 2.24) is 0 Å². The quantitative estimate of drug-likeness (QED) is 0.219. The van der Waals surface area contributed by atoms with Crippen molar-refractivity contribution in [2.45, 2.75) is 39.0 Å². The van der Waals surface area contributed by atoms with E-state index < -0.39 is 11.9 Å². The first kappa shape index (κ1) is 25.6. The van der Waals surface area contributed by atoms with Crippen LogP contribution in [0.1, 0.15) is 59.2 Å². The number of hydrogen-bond acceptors (Lipinski definition) is 7. The van der Waals surface area contributed by atoms with E-state index in [2.05, 4.69) is 13.0 Å². The highest BCUT2D eigenvalue weighted by Gasteiger charge is 2.32. The van der Waals surface area contributed by atoms with Crippen molar-refractivity contribution in [3.8, 4) is 29.1 Å². The van der Waals surface area contributed by atoms with Crippen LogP contribution in [0.3, 0.4) is 0 Å². The number of carbonyl (C=O) groups is 1. The minimum absolute atomic E-state index is 0.00115. The zero-order valence-corrected chi connectivity index (χ0v) is 21.2. The monoisotopic (exact) mass is 498 g/mol. The number of unbranched alkanes of at least 4 members (excludes halogenated alkanes) is 2. The SMILES string of the molecule is CCCCCOc1ccc(C2C(C#N)=C(N)Oc3cc(OC(=O)c4ccccc4C)ccc32)cc1OC. The molecule has 0 saturated carbocycles. The van der Waals surface area contributed by atoms with Crippen molar-refractivity contribution in [3.05, 3.63) is 94.4 Å². The molecule has 1 atom stereocenters. The van der Waals surface area contributed by atoms with Crippen molar-refractivity contribution < 1.29 is 23.7 Å². The third-order valence-electron chi connectivity index (χ3n) is 6.29. The number of benzene rings is 3. The minimum Gasteiger partial charge on any atom is -0.493 e. The van der Waals surface area contributed by atoms with Gasteiger partial charge in [-0.25, -0.2) is 4.79 Å². The molecule has 0 spiro atoms. The molecule has 3 aromatic carbocycles. The van der Waals surface area contributed by atoms with Crippen LogP contribution in [0.25, 0.3) is 0 Å². The molecule has 2 N–H and O–H groups in total. The fraction of sp³-hybridized carbons (Fsp3) is 0.267. The molecule has 0 bridgehead atoms. The number of hydrogen-bond donors (Lipinski definition) is 1. The second-order valence-electron chi connectivity index (χ2n) is 8.79. The number of ether oxygens (including phenoxy) is 4. The molecule has 0 aromatic heterocycles. The Hall–Kier alpha value is -4.44.